The van der Waals surface area contributed by atoms with E-state index >= 15 is 0 Å². The van der Waals surface area contributed by atoms with Crippen molar-refractivity contribution >= 4 is 5.78 Å². The molecular weight excluding hydrogens is 316 g/mol. The first-order chi connectivity index (χ1) is 10.7. The van der Waals surface area contributed by atoms with Crippen LogP contribution in [-0.2, 0) is 4.74 Å². The highest BCUT2D eigenvalue weighted by molar-refractivity contribution is 6.04. The van der Waals surface area contributed by atoms with Gasteiger partial charge in [0.05, 0.1) is 6.61 Å². The lowest BCUT2D eigenvalue weighted by molar-refractivity contribution is -0.309. The fourth-order valence-electron chi connectivity index (χ4n) is 2.36. The normalized spacial score (nSPS) is 34.3. The zero-order valence-electron chi connectivity index (χ0n) is 11.6. The van der Waals surface area contributed by atoms with Crippen LogP contribution in [0.25, 0.3) is 0 Å². The van der Waals surface area contributed by atoms with Gasteiger partial charge in [0, 0.05) is 5.56 Å². The van der Waals surface area contributed by atoms with Crippen molar-refractivity contribution in [1.82, 2.24) is 0 Å². The van der Waals surface area contributed by atoms with Gasteiger partial charge in [-0.25, -0.2) is 0 Å². The number of phenols is 3. The van der Waals surface area contributed by atoms with Gasteiger partial charge in [-0.2, -0.15) is 0 Å². The Kier molecular flexibility index (Phi) is 4.48. The molecule has 1 aromatic carbocycles. The smallest absolute Gasteiger partial charge is 0.200 e. The maximum atomic E-state index is 12.5. The summed E-state index contributed by atoms with van der Waals surface area (Å²) in [6.07, 6.45) is -8.12. The lowest BCUT2D eigenvalue weighted by Gasteiger charge is -2.45. The van der Waals surface area contributed by atoms with Crippen LogP contribution in [0.5, 0.6) is 17.2 Å². The minimum Gasteiger partial charge on any atom is -0.504 e. The topological polar surface area (TPSA) is 188 Å². The average molecular weight is 332 g/mol. The Morgan fingerprint density at radius 2 is 1.57 bits per heavy atom. The number of benzene rings is 1. The van der Waals surface area contributed by atoms with Crippen LogP contribution in [0.3, 0.4) is 0 Å². The van der Waals surface area contributed by atoms with Gasteiger partial charge in [-0.05, 0) is 12.1 Å². The highest BCUT2D eigenvalue weighted by Gasteiger charge is 2.57. The molecule has 23 heavy (non-hydrogen) atoms. The molecule has 1 aliphatic heterocycles. The second-order valence-corrected chi connectivity index (χ2v) is 5.17. The molecule has 1 unspecified atom stereocenters. The molecule has 128 valence electrons. The standard InChI is InChI=1S/C13H16O10/c14-3-13(11(21)8(18)9(19)12(22)23-13)10(20)4-1-5(15)7(17)6(16)2-4/h1-2,8-9,11-12,14-19,21-22H,3H2/t8-,9-,11+,12?,13+/m1/s1. The second kappa shape index (κ2) is 5.92. The van der Waals surface area contributed by atoms with E-state index in [1.165, 1.54) is 0 Å². The summed E-state index contributed by atoms with van der Waals surface area (Å²) in [7, 11) is 0. The number of aromatic hydroxyl groups is 3. The number of aliphatic hydroxyl groups excluding tert-OH is 5. The number of carbonyl (C=O) groups is 1. The van der Waals surface area contributed by atoms with Crippen molar-refractivity contribution in [2.24, 2.45) is 0 Å². The van der Waals surface area contributed by atoms with E-state index in [4.69, 9.17) is 4.74 Å². The number of aliphatic hydroxyl groups is 5. The first-order valence-corrected chi connectivity index (χ1v) is 6.46. The minimum atomic E-state index is -2.55. The number of phenolic OH excluding ortho intramolecular Hbond substituents is 3. The molecular formula is C13H16O10. The van der Waals surface area contributed by atoms with E-state index in [2.05, 4.69) is 0 Å². The maximum Gasteiger partial charge on any atom is 0.200 e. The molecule has 0 spiro atoms. The lowest BCUT2D eigenvalue weighted by Crippen LogP contribution is -2.69. The molecule has 1 aromatic rings. The molecule has 0 bridgehead atoms. The largest absolute Gasteiger partial charge is 0.504 e. The Morgan fingerprint density at radius 3 is 2.04 bits per heavy atom. The molecule has 1 aliphatic rings. The van der Waals surface area contributed by atoms with E-state index in [1.807, 2.05) is 0 Å². The van der Waals surface area contributed by atoms with E-state index in [0.29, 0.717) is 0 Å². The predicted molar refractivity (Wildman–Crippen MR) is 70.7 cm³/mol. The van der Waals surface area contributed by atoms with Crippen LogP contribution >= 0.6 is 0 Å². The monoisotopic (exact) mass is 332 g/mol. The van der Waals surface area contributed by atoms with Crippen LogP contribution in [-0.4, -0.2) is 83.4 Å². The van der Waals surface area contributed by atoms with Crippen LogP contribution in [0, 0.1) is 0 Å². The molecule has 1 fully saturated rings. The van der Waals surface area contributed by atoms with Crippen molar-refractivity contribution in [1.29, 1.82) is 0 Å². The zero-order valence-corrected chi connectivity index (χ0v) is 11.6. The summed E-state index contributed by atoms with van der Waals surface area (Å²) >= 11 is 0. The Hall–Kier alpha value is -1.95. The van der Waals surface area contributed by atoms with Crippen LogP contribution in [0.1, 0.15) is 10.4 Å². The zero-order chi connectivity index (χ0) is 17.5. The van der Waals surface area contributed by atoms with Crippen LogP contribution in [0.4, 0.5) is 0 Å². The Labute approximate surface area is 129 Å². The summed E-state index contributed by atoms with van der Waals surface area (Å²) < 4.78 is 4.81. The van der Waals surface area contributed by atoms with E-state index in [0.717, 1.165) is 12.1 Å². The quantitative estimate of drug-likeness (QED) is 0.211. The van der Waals surface area contributed by atoms with E-state index in [1.54, 1.807) is 0 Å². The van der Waals surface area contributed by atoms with Crippen molar-refractivity contribution < 1.29 is 50.4 Å². The van der Waals surface area contributed by atoms with E-state index in [-0.39, 0.29) is 0 Å². The first kappa shape index (κ1) is 17.4. The van der Waals surface area contributed by atoms with Crippen LogP contribution in [0.2, 0.25) is 0 Å². The number of ketones is 1. The van der Waals surface area contributed by atoms with Gasteiger partial charge in [-0.1, -0.05) is 0 Å². The Bertz CT molecular complexity index is 594. The third-order valence-corrected chi connectivity index (χ3v) is 3.73. The molecule has 1 saturated heterocycles. The van der Waals surface area contributed by atoms with Gasteiger partial charge < -0.3 is 45.6 Å². The van der Waals surface area contributed by atoms with Crippen LogP contribution < -0.4 is 0 Å². The molecule has 0 radical (unpaired) electrons. The maximum absolute atomic E-state index is 12.5. The molecule has 0 amide bonds. The Morgan fingerprint density at radius 1 is 1.04 bits per heavy atom. The van der Waals surface area contributed by atoms with Gasteiger partial charge in [-0.3, -0.25) is 4.79 Å². The van der Waals surface area contributed by atoms with Crippen molar-refractivity contribution in [3.05, 3.63) is 17.7 Å². The number of hydrogen-bond acceptors (Lipinski definition) is 10. The summed E-state index contributed by atoms with van der Waals surface area (Å²) in [4.78, 5) is 12.5. The number of ether oxygens (including phenoxy) is 1. The fourth-order valence-corrected chi connectivity index (χ4v) is 2.36. The van der Waals surface area contributed by atoms with Crippen molar-refractivity contribution in [3.8, 4) is 17.2 Å². The minimum absolute atomic E-state index is 0.485. The SMILES string of the molecule is O=C(c1cc(O)c(O)c(O)c1)[C@]1(CO)OC(O)[C@H](O)[C@@H](O)[C@@H]1O. The van der Waals surface area contributed by atoms with Crippen molar-refractivity contribution in [2.75, 3.05) is 6.61 Å². The summed E-state index contributed by atoms with van der Waals surface area (Å²) in [5.41, 5.74) is -3.03. The molecule has 10 nitrogen and oxygen atoms in total. The molecule has 0 aliphatic carbocycles. The molecule has 0 aromatic heterocycles. The van der Waals surface area contributed by atoms with Gasteiger partial charge in [0.1, 0.15) is 18.3 Å². The summed E-state index contributed by atoms with van der Waals surface area (Å²) in [6, 6.07) is 1.46. The number of Topliss-reactive ketones (excluding diaryl/α,β-unsaturated/α-hetero) is 1. The highest BCUT2D eigenvalue weighted by Crippen LogP contribution is 2.38. The van der Waals surface area contributed by atoms with Gasteiger partial charge >= 0.3 is 0 Å². The lowest BCUT2D eigenvalue weighted by atomic mass is 9.81. The molecule has 8 N–H and O–H groups in total. The van der Waals surface area contributed by atoms with Gasteiger partial charge in [0.25, 0.3) is 0 Å². The van der Waals surface area contributed by atoms with Gasteiger partial charge in [0.2, 0.25) is 0 Å². The van der Waals surface area contributed by atoms with E-state index in [9.17, 15) is 45.6 Å². The molecule has 10 heteroatoms. The summed E-state index contributed by atoms with van der Waals surface area (Å²) in [5.74, 6) is -3.80. The number of hydrogen-bond donors (Lipinski definition) is 8. The predicted octanol–water partition coefficient (Wildman–Crippen LogP) is -2.85. The number of carbonyl (C=O) groups excluding carboxylic acids is 1. The van der Waals surface area contributed by atoms with E-state index < -0.39 is 65.4 Å². The van der Waals surface area contributed by atoms with Crippen molar-refractivity contribution in [2.45, 2.75) is 30.2 Å². The Balaban J connectivity index is 2.49. The third kappa shape index (κ3) is 2.61. The molecule has 2 rings (SSSR count). The van der Waals surface area contributed by atoms with Gasteiger partial charge in [0.15, 0.2) is 34.9 Å². The second-order valence-electron chi connectivity index (χ2n) is 5.17. The fraction of sp³-hybridized carbons (Fsp3) is 0.462. The summed E-state index contributed by atoms with van der Waals surface area (Å²) in [6.45, 7) is -1.18. The average Bonchev–Trinajstić information content (AvgIpc) is 2.53. The number of rotatable bonds is 3. The third-order valence-electron chi connectivity index (χ3n) is 3.73. The van der Waals surface area contributed by atoms with Crippen LogP contribution in [0.15, 0.2) is 12.1 Å². The first-order valence-electron chi connectivity index (χ1n) is 6.46. The molecule has 5 atom stereocenters. The molecule has 1 heterocycles. The molecule has 0 saturated carbocycles. The summed E-state index contributed by atoms with van der Waals surface area (Å²) in [5, 5.41) is 76.3. The van der Waals surface area contributed by atoms with Gasteiger partial charge in [-0.15, -0.1) is 0 Å². The highest BCUT2D eigenvalue weighted by atomic mass is 16.7. The van der Waals surface area contributed by atoms with Crippen molar-refractivity contribution in [3.63, 3.8) is 0 Å².